The van der Waals surface area contributed by atoms with Crippen molar-refractivity contribution in [3.63, 3.8) is 0 Å². The first kappa shape index (κ1) is 12.7. The fourth-order valence-electron chi connectivity index (χ4n) is 1.53. The average Bonchev–Trinajstić information content (AvgIpc) is 2.33. The molecule has 3 nitrogen and oxygen atoms in total. The summed E-state index contributed by atoms with van der Waals surface area (Å²) in [6, 6.07) is 3.27. The van der Waals surface area contributed by atoms with E-state index in [9.17, 15) is 8.78 Å². The normalized spacial score (nSPS) is 10.4. The van der Waals surface area contributed by atoms with Crippen LogP contribution in [-0.4, -0.2) is 9.97 Å². The predicted molar refractivity (Wildman–Crippen MR) is 66.1 cm³/mol. The van der Waals surface area contributed by atoms with Gasteiger partial charge in [0.2, 0.25) is 0 Å². The highest BCUT2D eigenvalue weighted by Crippen LogP contribution is 2.25. The summed E-state index contributed by atoms with van der Waals surface area (Å²) >= 11 is 5.92. The van der Waals surface area contributed by atoms with Gasteiger partial charge < -0.3 is 5.32 Å². The number of nitrogens with zero attached hydrogens (tertiary/aromatic N) is 2. The van der Waals surface area contributed by atoms with Crippen molar-refractivity contribution in [2.45, 2.75) is 13.3 Å². The average molecular weight is 270 g/mol. The van der Waals surface area contributed by atoms with Crippen LogP contribution < -0.4 is 5.32 Å². The predicted octanol–water partition coefficient (Wildman–Crippen LogP) is 3.71. The quantitative estimate of drug-likeness (QED) is 0.863. The van der Waals surface area contributed by atoms with Gasteiger partial charge in [-0.1, -0.05) is 18.5 Å². The van der Waals surface area contributed by atoms with Crippen LogP contribution in [0.2, 0.25) is 5.15 Å². The molecule has 0 radical (unpaired) electrons. The zero-order valence-electron chi connectivity index (χ0n) is 9.54. The standard InChI is InChI=1S/C12H10ClF2N3/c1-2-8-11(13)16-6-17-12(8)18-10-4-3-7(14)5-9(10)15/h3-6H,2H2,1H3,(H,16,17,18). The molecule has 0 unspecified atom stereocenters. The summed E-state index contributed by atoms with van der Waals surface area (Å²) in [6.07, 6.45) is 1.88. The third kappa shape index (κ3) is 2.56. The lowest BCUT2D eigenvalue weighted by Gasteiger charge is -2.11. The van der Waals surface area contributed by atoms with Gasteiger partial charge in [0.1, 0.15) is 28.9 Å². The summed E-state index contributed by atoms with van der Waals surface area (Å²) in [5, 5.41) is 3.10. The van der Waals surface area contributed by atoms with Crippen LogP contribution in [0.1, 0.15) is 12.5 Å². The van der Waals surface area contributed by atoms with Crippen LogP contribution in [0.25, 0.3) is 0 Å². The van der Waals surface area contributed by atoms with Gasteiger partial charge in [-0.2, -0.15) is 0 Å². The number of rotatable bonds is 3. The summed E-state index contributed by atoms with van der Waals surface area (Å²) in [5.41, 5.74) is 0.823. The van der Waals surface area contributed by atoms with Crippen LogP contribution in [0, 0.1) is 11.6 Å². The second-order valence-corrected chi connectivity index (χ2v) is 3.95. The summed E-state index contributed by atoms with van der Waals surface area (Å²) in [7, 11) is 0. The van der Waals surface area contributed by atoms with Crippen LogP contribution >= 0.6 is 11.6 Å². The first-order chi connectivity index (χ1) is 8.61. The maximum absolute atomic E-state index is 13.5. The molecule has 1 aromatic heterocycles. The minimum atomic E-state index is -0.688. The second-order valence-electron chi connectivity index (χ2n) is 3.59. The summed E-state index contributed by atoms with van der Waals surface area (Å²) in [5.74, 6) is -0.899. The Labute approximate surface area is 108 Å². The molecule has 18 heavy (non-hydrogen) atoms. The van der Waals surface area contributed by atoms with Crippen molar-refractivity contribution < 1.29 is 8.78 Å². The van der Waals surface area contributed by atoms with Gasteiger partial charge in [0, 0.05) is 11.6 Å². The van der Waals surface area contributed by atoms with Gasteiger partial charge in [-0.15, -0.1) is 0 Å². The highest BCUT2D eigenvalue weighted by Gasteiger charge is 2.10. The van der Waals surface area contributed by atoms with E-state index in [1.54, 1.807) is 0 Å². The Hall–Kier alpha value is -1.75. The molecule has 0 saturated heterocycles. The number of anilines is 2. The number of benzene rings is 1. The van der Waals surface area contributed by atoms with Crippen molar-refractivity contribution in [3.8, 4) is 0 Å². The molecule has 2 rings (SSSR count). The Kier molecular flexibility index (Phi) is 3.72. The summed E-state index contributed by atoms with van der Waals surface area (Å²) in [4.78, 5) is 7.85. The van der Waals surface area contributed by atoms with E-state index in [1.807, 2.05) is 6.92 Å². The summed E-state index contributed by atoms with van der Waals surface area (Å²) < 4.78 is 26.3. The van der Waals surface area contributed by atoms with E-state index in [4.69, 9.17) is 11.6 Å². The van der Waals surface area contributed by atoms with E-state index < -0.39 is 11.6 Å². The molecule has 0 amide bonds. The largest absolute Gasteiger partial charge is 0.337 e. The van der Waals surface area contributed by atoms with Gasteiger partial charge in [-0.3, -0.25) is 0 Å². The van der Waals surface area contributed by atoms with Crippen molar-refractivity contribution in [2.75, 3.05) is 5.32 Å². The van der Waals surface area contributed by atoms with Gasteiger partial charge >= 0.3 is 0 Å². The first-order valence-electron chi connectivity index (χ1n) is 5.33. The fraction of sp³-hybridized carbons (Fsp3) is 0.167. The topological polar surface area (TPSA) is 37.8 Å². The zero-order chi connectivity index (χ0) is 13.1. The first-order valence-corrected chi connectivity index (χ1v) is 5.71. The Morgan fingerprint density at radius 3 is 2.72 bits per heavy atom. The molecule has 0 aliphatic rings. The molecule has 1 heterocycles. The van der Waals surface area contributed by atoms with Gasteiger partial charge in [0.05, 0.1) is 5.69 Å². The Morgan fingerprint density at radius 2 is 2.06 bits per heavy atom. The minimum absolute atomic E-state index is 0.140. The lowest BCUT2D eigenvalue weighted by Crippen LogP contribution is -2.02. The fourth-order valence-corrected chi connectivity index (χ4v) is 1.80. The second kappa shape index (κ2) is 5.27. The van der Waals surface area contributed by atoms with E-state index in [-0.39, 0.29) is 5.69 Å². The monoisotopic (exact) mass is 269 g/mol. The molecular formula is C12H10ClF2N3. The van der Waals surface area contributed by atoms with E-state index in [0.717, 1.165) is 6.07 Å². The van der Waals surface area contributed by atoms with Crippen molar-refractivity contribution in [1.82, 2.24) is 9.97 Å². The Bertz CT molecular complexity index is 575. The van der Waals surface area contributed by atoms with Crippen molar-refractivity contribution in [3.05, 3.63) is 46.9 Å². The Morgan fingerprint density at radius 1 is 1.28 bits per heavy atom. The highest BCUT2D eigenvalue weighted by molar-refractivity contribution is 6.30. The van der Waals surface area contributed by atoms with E-state index in [0.29, 0.717) is 23.0 Å². The zero-order valence-corrected chi connectivity index (χ0v) is 10.3. The van der Waals surface area contributed by atoms with Crippen molar-refractivity contribution >= 4 is 23.1 Å². The van der Waals surface area contributed by atoms with Crippen molar-refractivity contribution in [1.29, 1.82) is 0 Å². The van der Waals surface area contributed by atoms with Crippen LogP contribution in [-0.2, 0) is 6.42 Å². The molecule has 2 aromatic rings. The number of hydrogen-bond donors (Lipinski definition) is 1. The maximum atomic E-state index is 13.5. The molecule has 6 heteroatoms. The van der Waals surface area contributed by atoms with Crippen LogP contribution in [0.15, 0.2) is 24.5 Å². The number of nitrogens with one attached hydrogen (secondary N) is 1. The maximum Gasteiger partial charge on any atom is 0.149 e. The van der Waals surface area contributed by atoms with Gasteiger partial charge in [0.25, 0.3) is 0 Å². The van der Waals surface area contributed by atoms with E-state index in [1.165, 1.54) is 18.5 Å². The minimum Gasteiger partial charge on any atom is -0.337 e. The van der Waals surface area contributed by atoms with Crippen LogP contribution in [0.5, 0.6) is 0 Å². The summed E-state index contributed by atoms with van der Waals surface area (Å²) in [6.45, 7) is 1.89. The molecule has 0 fully saturated rings. The molecule has 0 spiro atoms. The molecule has 0 aliphatic heterocycles. The van der Waals surface area contributed by atoms with Gasteiger partial charge in [-0.05, 0) is 18.6 Å². The molecule has 0 bridgehead atoms. The highest BCUT2D eigenvalue weighted by atomic mass is 35.5. The third-order valence-corrected chi connectivity index (χ3v) is 2.76. The van der Waals surface area contributed by atoms with Crippen molar-refractivity contribution in [2.24, 2.45) is 0 Å². The smallest absolute Gasteiger partial charge is 0.149 e. The molecule has 0 saturated carbocycles. The number of aromatic nitrogens is 2. The lowest BCUT2D eigenvalue weighted by molar-refractivity contribution is 0.586. The van der Waals surface area contributed by atoms with E-state index in [2.05, 4.69) is 15.3 Å². The van der Waals surface area contributed by atoms with E-state index >= 15 is 0 Å². The third-order valence-electron chi connectivity index (χ3n) is 2.43. The lowest BCUT2D eigenvalue weighted by atomic mass is 10.2. The molecule has 1 aromatic carbocycles. The molecule has 0 atom stereocenters. The molecular weight excluding hydrogens is 260 g/mol. The molecule has 0 aliphatic carbocycles. The number of halogens is 3. The number of hydrogen-bond acceptors (Lipinski definition) is 3. The van der Waals surface area contributed by atoms with Crippen LogP contribution in [0.4, 0.5) is 20.3 Å². The van der Waals surface area contributed by atoms with Gasteiger partial charge in [-0.25, -0.2) is 18.7 Å². The van der Waals surface area contributed by atoms with Gasteiger partial charge in [0.15, 0.2) is 0 Å². The molecule has 94 valence electrons. The SMILES string of the molecule is CCc1c(Cl)ncnc1Nc1ccc(F)cc1F. The molecule has 1 N–H and O–H groups in total. The Balaban J connectivity index is 2.37. The van der Waals surface area contributed by atoms with Crippen LogP contribution in [0.3, 0.4) is 0 Å².